The van der Waals surface area contributed by atoms with Crippen molar-refractivity contribution in [2.24, 2.45) is 0 Å². The van der Waals surface area contributed by atoms with Gasteiger partial charge in [-0.3, -0.25) is 4.79 Å². The van der Waals surface area contributed by atoms with Gasteiger partial charge in [0, 0.05) is 4.90 Å². The smallest absolute Gasteiger partial charge is 0.234 e. The number of halogens is 2. The minimum absolute atomic E-state index is 0.118. The maximum absolute atomic E-state index is 12.2. The van der Waals surface area contributed by atoms with Gasteiger partial charge in [0.15, 0.2) is 0 Å². The second-order valence-electron chi connectivity index (χ2n) is 4.92. The number of carbonyl (C=O) groups is 1. The van der Waals surface area contributed by atoms with E-state index in [9.17, 15) is 4.79 Å². The van der Waals surface area contributed by atoms with E-state index in [0.717, 1.165) is 15.7 Å². The van der Waals surface area contributed by atoms with Gasteiger partial charge in [-0.1, -0.05) is 65.7 Å². The van der Waals surface area contributed by atoms with Gasteiger partial charge in [-0.2, -0.15) is 0 Å². The van der Waals surface area contributed by atoms with Crippen LogP contribution < -0.4 is 5.32 Å². The van der Waals surface area contributed by atoms with Crippen LogP contribution >= 0.6 is 35.0 Å². The van der Waals surface area contributed by atoms with E-state index < -0.39 is 0 Å². The van der Waals surface area contributed by atoms with E-state index in [0.29, 0.717) is 21.5 Å². The lowest BCUT2D eigenvalue weighted by atomic mass is 10.1. The Balaban J connectivity index is 1.70. The molecule has 0 saturated heterocycles. The molecule has 0 saturated carbocycles. The molecular formula is C18H13Cl2NOS. The number of fused-ring (bicyclic) bond motifs is 1. The number of nitrogens with one attached hydrogen (secondary N) is 1. The summed E-state index contributed by atoms with van der Waals surface area (Å²) in [6.07, 6.45) is 0. The summed E-state index contributed by atoms with van der Waals surface area (Å²) in [6.45, 7) is 0. The Labute approximate surface area is 148 Å². The Hall–Kier alpha value is -1.68. The average Bonchev–Trinajstić information content (AvgIpc) is 2.57. The Bertz CT molecular complexity index is 861. The van der Waals surface area contributed by atoms with E-state index in [1.165, 1.54) is 11.8 Å². The fourth-order valence-corrected chi connectivity index (χ4v) is 3.47. The predicted octanol–water partition coefficient (Wildman–Crippen LogP) is 5.88. The zero-order valence-electron chi connectivity index (χ0n) is 12.1. The summed E-state index contributed by atoms with van der Waals surface area (Å²) in [6, 6.07) is 19.4. The second kappa shape index (κ2) is 7.26. The number of hydrogen-bond acceptors (Lipinski definition) is 2. The molecule has 0 fully saturated rings. The van der Waals surface area contributed by atoms with Gasteiger partial charge in [-0.05, 0) is 29.0 Å². The SMILES string of the molecule is O=C(CSc1cccc2ccccc12)Nc1cccc(Cl)c1Cl. The first-order chi connectivity index (χ1) is 11.1. The summed E-state index contributed by atoms with van der Waals surface area (Å²) < 4.78 is 0. The van der Waals surface area contributed by atoms with Crippen LogP contribution in [0.2, 0.25) is 10.0 Å². The van der Waals surface area contributed by atoms with Crippen LogP contribution in [0.1, 0.15) is 0 Å². The number of anilines is 1. The van der Waals surface area contributed by atoms with E-state index >= 15 is 0 Å². The van der Waals surface area contributed by atoms with E-state index in [4.69, 9.17) is 23.2 Å². The van der Waals surface area contributed by atoms with Crippen molar-refractivity contribution in [2.75, 3.05) is 11.1 Å². The van der Waals surface area contributed by atoms with Gasteiger partial charge in [-0.15, -0.1) is 11.8 Å². The fourth-order valence-electron chi connectivity index (χ4n) is 2.25. The summed E-state index contributed by atoms with van der Waals surface area (Å²) in [7, 11) is 0. The molecule has 0 aliphatic rings. The zero-order valence-corrected chi connectivity index (χ0v) is 14.4. The maximum atomic E-state index is 12.2. The van der Waals surface area contributed by atoms with Crippen molar-refractivity contribution in [1.82, 2.24) is 0 Å². The van der Waals surface area contributed by atoms with Crippen LogP contribution in [0.25, 0.3) is 10.8 Å². The van der Waals surface area contributed by atoms with Crippen molar-refractivity contribution in [1.29, 1.82) is 0 Å². The van der Waals surface area contributed by atoms with Crippen LogP contribution in [0, 0.1) is 0 Å². The molecule has 0 aliphatic heterocycles. The van der Waals surface area contributed by atoms with Gasteiger partial charge in [-0.25, -0.2) is 0 Å². The quantitative estimate of drug-likeness (QED) is 0.588. The minimum atomic E-state index is -0.118. The third-order valence-corrected chi connectivity index (χ3v) is 5.23. The molecule has 3 aromatic rings. The van der Waals surface area contributed by atoms with Crippen LogP contribution in [-0.2, 0) is 4.79 Å². The fraction of sp³-hybridized carbons (Fsp3) is 0.0556. The topological polar surface area (TPSA) is 29.1 Å². The molecule has 116 valence electrons. The van der Waals surface area contributed by atoms with Gasteiger partial charge in [0.05, 0.1) is 21.5 Å². The Morgan fingerprint density at radius 1 is 0.957 bits per heavy atom. The molecule has 0 spiro atoms. The molecule has 0 heterocycles. The zero-order chi connectivity index (χ0) is 16.2. The number of rotatable bonds is 4. The van der Waals surface area contributed by atoms with Gasteiger partial charge < -0.3 is 5.32 Å². The lowest BCUT2D eigenvalue weighted by Crippen LogP contribution is -2.14. The van der Waals surface area contributed by atoms with E-state index in [-0.39, 0.29) is 5.91 Å². The minimum Gasteiger partial charge on any atom is -0.324 e. The molecule has 0 bridgehead atoms. The lowest BCUT2D eigenvalue weighted by Gasteiger charge is -2.09. The normalized spacial score (nSPS) is 10.7. The molecular weight excluding hydrogens is 349 g/mol. The highest BCUT2D eigenvalue weighted by Gasteiger charge is 2.09. The lowest BCUT2D eigenvalue weighted by molar-refractivity contribution is -0.113. The molecule has 0 aromatic heterocycles. The van der Waals surface area contributed by atoms with Gasteiger partial charge in [0.25, 0.3) is 0 Å². The van der Waals surface area contributed by atoms with Crippen molar-refractivity contribution in [3.63, 3.8) is 0 Å². The monoisotopic (exact) mass is 361 g/mol. The first kappa shape index (κ1) is 16.2. The van der Waals surface area contributed by atoms with Crippen LogP contribution in [0.5, 0.6) is 0 Å². The summed E-state index contributed by atoms with van der Waals surface area (Å²) in [4.78, 5) is 13.2. The van der Waals surface area contributed by atoms with Crippen molar-refractivity contribution in [3.05, 3.63) is 70.7 Å². The molecule has 3 aromatic carbocycles. The Kier molecular flexibility index (Phi) is 5.11. The van der Waals surface area contributed by atoms with E-state index in [1.54, 1.807) is 18.2 Å². The van der Waals surface area contributed by atoms with Gasteiger partial charge in [0.1, 0.15) is 0 Å². The summed E-state index contributed by atoms with van der Waals surface area (Å²) in [5.74, 6) is 0.184. The van der Waals surface area contributed by atoms with E-state index in [2.05, 4.69) is 23.5 Å². The number of carbonyl (C=O) groups excluding carboxylic acids is 1. The average molecular weight is 362 g/mol. The highest BCUT2D eigenvalue weighted by molar-refractivity contribution is 8.00. The molecule has 1 amide bonds. The van der Waals surface area contributed by atoms with Crippen LogP contribution in [0.4, 0.5) is 5.69 Å². The van der Waals surface area contributed by atoms with Crippen molar-refractivity contribution in [3.8, 4) is 0 Å². The molecule has 3 rings (SSSR count). The molecule has 2 nitrogen and oxygen atoms in total. The predicted molar refractivity (Wildman–Crippen MR) is 99.8 cm³/mol. The van der Waals surface area contributed by atoms with E-state index in [1.807, 2.05) is 24.3 Å². The standard InChI is InChI=1S/C18H13Cl2NOS/c19-14-8-4-9-15(18(14)20)21-17(22)11-23-16-10-3-6-12-5-1-2-7-13(12)16/h1-10H,11H2,(H,21,22). The van der Waals surface area contributed by atoms with Crippen molar-refractivity contribution in [2.45, 2.75) is 4.90 Å². The van der Waals surface area contributed by atoms with Crippen LogP contribution in [-0.4, -0.2) is 11.7 Å². The maximum Gasteiger partial charge on any atom is 0.234 e. The molecule has 0 unspecified atom stereocenters. The van der Waals surface area contributed by atoms with Crippen molar-refractivity contribution >= 4 is 57.3 Å². The second-order valence-corrected chi connectivity index (χ2v) is 6.72. The first-order valence-corrected chi connectivity index (χ1v) is 8.74. The molecule has 23 heavy (non-hydrogen) atoms. The molecule has 0 aliphatic carbocycles. The number of hydrogen-bond donors (Lipinski definition) is 1. The number of thioether (sulfide) groups is 1. The largest absolute Gasteiger partial charge is 0.324 e. The number of amides is 1. The summed E-state index contributed by atoms with van der Waals surface area (Å²) >= 11 is 13.5. The highest BCUT2D eigenvalue weighted by Crippen LogP contribution is 2.31. The highest BCUT2D eigenvalue weighted by atomic mass is 35.5. The third kappa shape index (κ3) is 3.81. The Morgan fingerprint density at radius 3 is 2.57 bits per heavy atom. The summed E-state index contributed by atoms with van der Waals surface area (Å²) in [5, 5.41) is 5.88. The molecule has 0 atom stereocenters. The van der Waals surface area contributed by atoms with Gasteiger partial charge in [0.2, 0.25) is 5.91 Å². The van der Waals surface area contributed by atoms with Crippen LogP contribution in [0.3, 0.4) is 0 Å². The Morgan fingerprint density at radius 2 is 1.70 bits per heavy atom. The first-order valence-electron chi connectivity index (χ1n) is 6.99. The van der Waals surface area contributed by atoms with Crippen LogP contribution in [0.15, 0.2) is 65.6 Å². The van der Waals surface area contributed by atoms with Crippen molar-refractivity contribution < 1.29 is 4.79 Å². The molecule has 1 N–H and O–H groups in total. The molecule has 0 radical (unpaired) electrons. The van der Waals surface area contributed by atoms with Gasteiger partial charge >= 0.3 is 0 Å². The molecule has 5 heteroatoms. The summed E-state index contributed by atoms with van der Waals surface area (Å²) in [5.41, 5.74) is 0.530. The third-order valence-electron chi connectivity index (χ3n) is 3.33. The number of benzene rings is 3.